The Morgan fingerprint density at radius 3 is 2.45 bits per heavy atom. The van der Waals surface area contributed by atoms with Gasteiger partial charge in [0.2, 0.25) is 0 Å². The molecule has 2 N–H and O–H groups in total. The van der Waals surface area contributed by atoms with Gasteiger partial charge in [-0.05, 0) is 18.9 Å². The largest absolute Gasteiger partial charge is 0.480 e. The molecule has 7 nitrogen and oxygen atoms in total. The van der Waals surface area contributed by atoms with Crippen molar-refractivity contribution in [2.75, 3.05) is 0 Å². The molecule has 0 aliphatic rings. The summed E-state index contributed by atoms with van der Waals surface area (Å²) in [5.41, 5.74) is 0.526. The van der Waals surface area contributed by atoms with Crippen molar-refractivity contribution in [1.29, 1.82) is 0 Å². The van der Waals surface area contributed by atoms with Gasteiger partial charge in [-0.15, -0.1) is 11.3 Å². The van der Waals surface area contributed by atoms with Gasteiger partial charge in [0.15, 0.2) is 10.8 Å². The van der Waals surface area contributed by atoms with Crippen LogP contribution in [0.15, 0.2) is 18.5 Å². The highest BCUT2D eigenvalue weighted by molar-refractivity contribution is 7.17. The zero-order valence-corrected chi connectivity index (χ0v) is 13.2. The molecular formula is C14H16N4O3S. The lowest BCUT2D eigenvalue weighted by molar-refractivity contribution is -0.140. The fraction of sp³-hybridized carbons (Fsp3) is 0.357. The summed E-state index contributed by atoms with van der Waals surface area (Å²) in [7, 11) is 0. The number of aryl methyl sites for hydroxylation is 1. The van der Waals surface area contributed by atoms with Gasteiger partial charge in [-0.1, -0.05) is 13.8 Å². The van der Waals surface area contributed by atoms with Crippen LogP contribution in [0.1, 0.15) is 29.2 Å². The third kappa shape index (κ3) is 3.45. The molecule has 0 fully saturated rings. The van der Waals surface area contributed by atoms with Crippen molar-refractivity contribution in [3.63, 3.8) is 0 Å². The summed E-state index contributed by atoms with van der Waals surface area (Å²) in [5.74, 6) is -1.28. The standard InChI is InChI=1S/C14H16N4O3S/c1-7(2)9(14(20)21)18-12(19)10-8(3)17-13(22-10)11-15-5-4-6-16-11/h4-7,9H,1-3H3,(H,18,19)(H,20,21). The maximum Gasteiger partial charge on any atom is 0.326 e. The van der Waals surface area contributed by atoms with Gasteiger partial charge in [-0.2, -0.15) is 0 Å². The van der Waals surface area contributed by atoms with Crippen LogP contribution in [-0.2, 0) is 4.79 Å². The van der Waals surface area contributed by atoms with Crippen molar-refractivity contribution < 1.29 is 14.7 Å². The Kier molecular flexibility index (Phi) is 4.81. The number of amides is 1. The lowest BCUT2D eigenvalue weighted by Gasteiger charge is -2.17. The molecule has 0 saturated carbocycles. The molecule has 0 bridgehead atoms. The molecule has 1 atom stereocenters. The number of aromatic nitrogens is 3. The first-order valence-electron chi connectivity index (χ1n) is 6.68. The van der Waals surface area contributed by atoms with Crippen molar-refractivity contribution in [3.05, 3.63) is 29.0 Å². The Labute approximate surface area is 131 Å². The van der Waals surface area contributed by atoms with E-state index in [1.807, 2.05) is 0 Å². The number of rotatable bonds is 5. The van der Waals surface area contributed by atoms with Crippen LogP contribution in [-0.4, -0.2) is 38.0 Å². The fourth-order valence-corrected chi connectivity index (χ4v) is 2.75. The van der Waals surface area contributed by atoms with E-state index in [1.165, 1.54) is 0 Å². The van der Waals surface area contributed by atoms with Gasteiger partial charge in [-0.25, -0.2) is 19.7 Å². The van der Waals surface area contributed by atoms with Crippen molar-refractivity contribution in [2.45, 2.75) is 26.8 Å². The zero-order chi connectivity index (χ0) is 16.3. The highest BCUT2D eigenvalue weighted by atomic mass is 32.1. The van der Waals surface area contributed by atoms with E-state index < -0.39 is 17.9 Å². The van der Waals surface area contributed by atoms with Gasteiger partial charge in [0.05, 0.1) is 5.69 Å². The second-order valence-electron chi connectivity index (χ2n) is 5.04. The van der Waals surface area contributed by atoms with Crippen molar-refractivity contribution in [2.24, 2.45) is 5.92 Å². The Morgan fingerprint density at radius 1 is 1.27 bits per heavy atom. The lowest BCUT2D eigenvalue weighted by Crippen LogP contribution is -2.44. The Morgan fingerprint density at radius 2 is 1.91 bits per heavy atom. The number of aliphatic carboxylic acids is 1. The molecule has 1 amide bonds. The summed E-state index contributed by atoms with van der Waals surface area (Å²) >= 11 is 1.15. The summed E-state index contributed by atoms with van der Waals surface area (Å²) in [6, 6.07) is 0.753. The molecule has 0 aliphatic heterocycles. The third-order valence-corrected chi connectivity index (χ3v) is 4.13. The minimum absolute atomic E-state index is 0.216. The first-order valence-corrected chi connectivity index (χ1v) is 7.50. The molecule has 8 heteroatoms. The highest BCUT2D eigenvalue weighted by Gasteiger charge is 2.26. The third-order valence-electron chi connectivity index (χ3n) is 2.98. The second-order valence-corrected chi connectivity index (χ2v) is 6.04. The van der Waals surface area contributed by atoms with Crippen LogP contribution in [0, 0.1) is 12.8 Å². The van der Waals surface area contributed by atoms with E-state index in [-0.39, 0.29) is 5.92 Å². The number of hydrogen-bond acceptors (Lipinski definition) is 6. The molecule has 0 spiro atoms. The minimum Gasteiger partial charge on any atom is -0.480 e. The quantitative estimate of drug-likeness (QED) is 0.869. The van der Waals surface area contributed by atoms with Gasteiger partial charge in [0.1, 0.15) is 10.9 Å². The normalized spacial score (nSPS) is 12.2. The minimum atomic E-state index is -1.06. The van der Waals surface area contributed by atoms with Crippen LogP contribution >= 0.6 is 11.3 Å². The van der Waals surface area contributed by atoms with Gasteiger partial charge >= 0.3 is 5.97 Å². The van der Waals surface area contributed by atoms with E-state index in [0.717, 1.165) is 11.3 Å². The van der Waals surface area contributed by atoms with Gasteiger partial charge in [0.25, 0.3) is 5.91 Å². The first kappa shape index (κ1) is 16.0. The van der Waals surface area contributed by atoms with Crippen molar-refractivity contribution in [3.8, 4) is 10.8 Å². The number of carboxylic acids is 1. The fourth-order valence-electron chi connectivity index (χ4n) is 1.83. The summed E-state index contributed by atoms with van der Waals surface area (Å²) in [4.78, 5) is 36.3. The van der Waals surface area contributed by atoms with E-state index in [9.17, 15) is 9.59 Å². The van der Waals surface area contributed by atoms with Crippen LogP contribution in [0.4, 0.5) is 0 Å². The second kappa shape index (κ2) is 6.61. The number of carbonyl (C=O) groups excluding carboxylic acids is 1. The van der Waals surface area contributed by atoms with Crippen LogP contribution in [0.5, 0.6) is 0 Å². The monoisotopic (exact) mass is 320 g/mol. The number of nitrogens with zero attached hydrogens (tertiary/aromatic N) is 3. The molecule has 1 unspecified atom stereocenters. The lowest BCUT2D eigenvalue weighted by atomic mass is 10.0. The average Bonchev–Trinajstić information content (AvgIpc) is 2.87. The number of carboxylic acid groups (broad SMARTS) is 1. The smallest absolute Gasteiger partial charge is 0.326 e. The van der Waals surface area contributed by atoms with Crippen molar-refractivity contribution in [1.82, 2.24) is 20.3 Å². The van der Waals surface area contributed by atoms with E-state index in [4.69, 9.17) is 5.11 Å². The van der Waals surface area contributed by atoms with E-state index in [1.54, 1.807) is 39.2 Å². The molecule has 116 valence electrons. The van der Waals surface area contributed by atoms with E-state index in [2.05, 4.69) is 20.3 Å². The molecule has 2 aromatic heterocycles. The Bertz CT molecular complexity index is 685. The Hall–Kier alpha value is -2.35. The van der Waals surface area contributed by atoms with Gasteiger partial charge in [0, 0.05) is 12.4 Å². The van der Waals surface area contributed by atoms with E-state index in [0.29, 0.717) is 21.4 Å². The van der Waals surface area contributed by atoms with Crippen LogP contribution in [0.2, 0.25) is 0 Å². The summed E-state index contributed by atoms with van der Waals surface area (Å²) in [6.45, 7) is 5.17. The number of nitrogens with one attached hydrogen (secondary N) is 1. The summed E-state index contributed by atoms with van der Waals surface area (Å²) in [5, 5.41) is 12.2. The van der Waals surface area contributed by atoms with Crippen LogP contribution in [0.3, 0.4) is 0 Å². The van der Waals surface area contributed by atoms with Crippen LogP contribution in [0.25, 0.3) is 10.8 Å². The average molecular weight is 320 g/mol. The molecule has 22 heavy (non-hydrogen) atoms. The summed E-state index contributed by atoms with van der Waals surface area (Å²) < 4.78 is 0. The van der Waals surface area contributed by atoms with E-state index >= 15 is 0 Å². The molecule has 2 rings (SSSR count). The molecule has 0 saturated heterocycles. The maximum atomic E-state index is 12.3. The SMILES string of the molecule is Cc1nc(-c2ncccn2)sc1C(=O)NC(C(=O)O)C(C)C. The molecule has 2 aromatic rings. The Balaban J connectivity index is 2.24. The zero-order valence-electron chi connectivity index (χ0n) is 12.4. The predicted molar refractivity (Wildman–Crippen MR) is 81.6 cm³/mol. The topological polar surface area (TPSA) is 105 Å². The van der Waals surface area contributed by atoms with Gasteiger partial charge < -0.3 is 10.4 Å². The summed E-state index contributed by atoms with van der Waals surface area (Å²) in [6.07, 6.45) is 3.19. The van der Waals surface area contributed by atoms with Crippen molar-refractivity contribution >= 4 is 23.2 Å². The highest BCUT2D eigenvalue weighted by Crippen LogP contribution is 2.25. The first-order chi connectivity index (χ1) is 10.4. The molecule has 0 aliphatic carbocycles. The molecule has 2 heterocycles. The van der Waals surface area contributed by atoms with Gasteiger partial charge in [-0.3, -0.25) is 4.79 Å². The predicted octanol–water partition coefficient (Wildman–Crippen LogP) is 1.75. The molecule has 0 aromatic carbocycles. The molecular weight excluding hydrogens is 304 g/mol. The molecule has 0 radical (unpaired) electrons. The number of carbonyl (C=O) groups is 2. The maximum absolute atomic E-state index is 12.3. The number of thiazole rings is 1. The van der Waals surface area contributed by atoms with Crippen LogP contribution < -0.4 is 5.32 Å². The number of hydrogen-bond donors (Lipinski definition) is 2.